The van der Waals surface area contributed by atoms with Crippen LogP contribution in [0.1, 0.15) is 29.1 Å². The van der Waals surface area contributed by atoms with E-state index in [0.29, 0.717) is 0 Å². The van der Waals surface area contributed by atoms with Crippen LogP contribution in [0.5, 0.6) is 0 Å². The van der Waals surface area contributed by atoms with E-state index in [-0.39, 0.29) is 62.6 Å². The lowest BCUT2D eigenvalue weighted by molar-refractivity contribution is -0.171. The molecule has 9 nitrogen and oxygen atoms in total. The highest BCUT2D eigenvalue weighted by atomic mass is 19.4. The molecule has 1 aromatic carbocycles. The zero-order valence-electron chi connectivity index (χ0n) is 18.6. The quantitative estimate of drug-likeness (QED) is 0.620. The number of carbonyl (C=O) groups is 2. The second-order valence-electron chi connectivity index (χ2n) is 8.31. The average molecular weight is 521 g/mol. The lowest BCUT2D eigenvalue weighted by atomic mass is 10.1. The van der Waals surface area contributed by atoms with Crippen molar-refractivity contribution >= 4 is 11.9 Å². The summed E-state index contributed by atoms with van der Waals surface area (Å²) in [5.74, 6) is -2.36. The molecule has 0 aliphatic carbocycles. The molecule has 2 fully saturated rings. The molecule has 0 radical (unpaired) electrons. The van der Waals surface area contributed by atoms with Gasteiger partial charge in [-0.15, -0.1) is 0 Å². The number of hydrogen-bond donors (Lipinski definition) is 1. The van der Waals surface area contributed by atoms with Gasteiger partial charge in [0.05, 0.1) is 19.3 Å². The number of halogens is 6. The summed E-state index contributed by atoms with van der Waals surface area (Å²) in [4.78, 5) is 30.9. The van der Waals surface area contributed by atoms with Gasteiger partial charge in [0.15, 0.2) is 0 Å². The lowest BCUT2D eigenvalue weighted by Crippen LogP contribution is -2.59. The smallest absolute Gasteiger partial charge is 0.377 e. The SMILES string of the molecule is O=C(NC[C@H]1COCCN1C(=O)N1CCC[C@@H]1C(F)(F)F)c1ccc(-c2noc(C(F)(F)F)n2)cc1. The van der Waals surface area contributed by atoms with Gasteiger partial charge in [-0.3, -0.25) is 4.79 Å². The van der Waals surface area contributed by atoms with E-state index < -0.39 is 42.3 Å². The number of morpholine rings is 1. The maximum Gasteiger partial charge on any atom is 0.471 e. The molecule has 4 rings (SSSR count). The van der Waals surface area contributed by atoms with Crippen LogP contribution in [0.25, 0.3) is 11.4 Å². The molecule has 0 unspecified atom stereocenters. The molecule has 0 spiro atoms. The fourth-order valence-electron chi connectivity index (χ4n) is 4.12. The summed E-state index contributed by atoms with van der Waals surface area (Å²) < 4.78 is 87.4. The molecule has 2 aliphatic rings. The van der Waals surface area contributed by atoms with Crippen molar-refractivity contribution in [2.45, 2.75) is 37.3 Å². The summed E-state index contributed by atoms with van der Waals surface area (Å²) in [7, 11) is 0. The zero-order valence-corrected chi connectivity index (χ0v) is 18.6. The molecule has 196 valence electrons. The Bertz CT molecular complexity index is 1090. The number of urea groups is 1. The van der Waals surface area contributed by atoms with Gasteiger partial charge in [-0.1, -0.05) is 17.3 Å². The number of ether oxygens (including phenoxy) is 1. The molecule has 3 amide bonds. The first-order chi connectivity index (χ1) is 16.9. The van der Waals surface area contributed by atoms with Crippen molar-refractivity contribution < 1.29 is 45.2 Å². The van der Waals surface area contributed by atoms with Gasteiger partial charge in [0.1, 0.15) is 6.04 Å². The van der Waals surface area contributed by atoms with Gasteiger partial charge < -0.3 is 24.4 Å². The first-order valence-corrected chi connectivity index (χ1v) is 11.0. The standard InChI is InChI=1S/C21H21F6N5O4/c22-20(23,24)15-2-1-7-32(15)19(34)31-8-9-35-11-14(31)10-28-17(33)13-5-3-12(4-6-13)16-29-18(36-30-16)21(25,26)27/h3-6,14-15H,1-2,7-11H2,(H,28,33)/t14-,15+/m0/s1. The molecule has 2 atom stereocenters. The molecular weight excluding hydrogens is 500 g/mol. The Morgan fingerprint density at radius 2 is 1.78 bits per heavy atom. The van der Waals surface area contributed by atoms with Crippen molar-refractivity contribution in [3.05, 3.63) is 35.7 Å². The fraction of sp³-hybridized carbons (Fsp3) is 0.524. The average Bonchev–Trinajstić information content (AvgIpc) is 3.52. The highest BCUT2D eigenvalue weighted by Crippen LogP contribution is 2.34. The molecular formula is C21H21F6N5O4. The topological polar surface area (TPSA) is 101 Å². The van der Waals surface area contributed by atoms with Gasteiger partial charge in [-0.25, -0.2) is 4.79 Å². The Hall–Kier alpha value is -3.36. The second kappa shape index (κ2) is 9.95. The zero-order chi connectivity index (χ0) is 26.1. The Morgan fingerprint density at radius 3 is 2.42 bits per heavy atom. The van der Waals surface area contributed by atoms with E-state index in [1.54, 1.807) is 0 Å². The van der Waals surface area contributed by atoms with E-state index in [1.807, 2.05) is 0 Å². The molecule has 0 bridgehead atoms. The van der Waals surface area contributed by atoms with E-state index in [4.69, 9.17) is 4.74 Å². The Kier molecular flexibility index (Phi) is 7.11. The van der Waals surface area contributed by atoms with Crippen molar-refractivity contribution in [3.63, 3.8) is 0 Å². The van der Waals surface area contributed by atoms with E-state index in [1.165, 1.54) is 29.2 Å². The van der Waals surface area contributed by atoms with Gasteiger partial charge in [-0.05, 0) is 25.0 Å². The van der Waals surface area contributed by atoms with Crippen molar-refractivity contribution in [3.8, 4) is 11.4 Å². The van der Waals surface area contributed by atoms with Gasteiger partial charge in [-0.2, -0.15) is 31.3 Å². The van der Waals surface area contributed by atoms with Crippen LogP contribution < -0.4 is 5.32 Å². The summed E-state index contributed by atoms with van der Waals surface area (Å²) >= 11 is 0. The Labute approximate surface area is 200 Å². The van der Waals surface area contributed by atoms with Crippen LogP contribution in [0.4, 0.5) is 31.1 Å². The Morgan fingerprint density at radius 1 is 1.06 bits per heavy atom. The van der Waals surface area contributed by atoms with Gasteiger partial charge in [0.25, 0.3) is 5.91 Å². The molecule has 1 aromatic heterocycles. The molecule has 0 saturated carbocycles. The molecule has 2 aromatic rings. The summed E-state index contributed by atoms with van der Waals surface area (Å²) in [6.07, 6.45) is -9.22. The van der Waals surface area contributed by atoms with E-state index in [0.717, 1.165) is 4.90 Å². The van der Waals surface area contributed by atoms with Crippen LogP contribution in [0.2, 0.25) is 0 Å². The first-order valence-electron chi connectivity index (χ1n) is 11.0. The van der Waals surface area contributed by atoms with E-state index >= 15 is 0 Å². The van der Waals surface area contributed by atoms with Crippen LogP contribution in [0, 0.1) is 0 Å². The van der Waals surface area contributed by atoms with Crippen LogP contribution >= 0.6 is 0 Å². The predicted octanol–water partition coefficient (Wildman–Crippen LogP) is 3.33. The fourth-order valence-corrected chi connectivity index (χ4v) is 4.12. The monoisotopic (exact) mass is 521 g/mol. The van der Waals surface area contributed by atoms with Crippen LogP contribution in [-0.2, 0) is 10.9 Å². The highest BCUT2D eigenvalue weighted by Gasteiger charge is 2.49. The van der Waals surface area contributed by atoms with Gasteiger partial charge in [0.2, 0.25) is 5.82 Å². The van der Waals surface area contributed by atoms with Crippen molar-refractivity contribution in [2.24, 2.45) is 0 Å². The second-order valence-corrected chi connectivity index (χ2v) is 8.31. The number of nitrogens with one attached hydrogen (secondary N) is 1. The van der Waals surface area contributed by atoms with Crippen molar-refractivity contribution in [2.75, 3.05) is 32.8 Å². The summed E-state index contributed by atoms with van der Waals surface area (Å²) in [5, 5.41) is 5.89. The molecule has 2 aliphatic heterocycles. The van der Waals surface area contributed by atoms with Crippen molar-refractivity contribution in [1.82, 2.24) is 25.3 Å². The van der Waals surface area contributed by atoms with Gasteiger partial charge in [0, 0.05) is 30.8 Å². The minimum atomic E-state index is -4.79. The summed E-state index contributed by atoms with van der Waals surface area (Å²) in [6.45, 7) is 0.205. The normalized spacial score (nSPS) is 21.1. The number of carbonyl (C=O) groups excluding carboxylic acids is 2. The summed E-state index contributed by atoms with van der Waals surface area (Å²) in [5.41, 5.74) is 0.345. The number of aromatic nitrogens is 2. The number of amides is 3. The van der Waals surface area contributed by atoms with Crippen molar-refractivity contribution in [1.29, 1.82) is 0 Å². The molecule has 15 heteroatoms. The minimum Gasteiger partial charge on any atom is -0.377 e. The number of nitrogens with zero attached hydrogens (tertiary/aromatic N) is 4. The molecule has 36 heavy (non-hydrogen) atoms. The molecule has 3 heterocycles. The largest absolute Gasteiger partial charge is 0.471 e. The number of benzene rings is 1. The Balaban J connectivity index is 1.38. The van der Waals surface area contributed by atoms with Crippen LogP contribution in [0.3, 0.4) is 0 Å². The number of rotatable bonds is 4. The first kappa shape index (κ1) is 25.7. The minimum absolute atomic E-state index is 0.00334. The van der Waals surface area contributed by atoms with Crippen LogP contribution in [0.15, 0.2) is 28.8 Å². The number of alkyl halides is 6. The van der Waals surface area contributed by atoms with E-state index in [2.05, 4.69) is 20.0 Å². The van der Waals surface area contributed by atoms with Crippen LogP contribution in [-0.4, -0.2) is 83.0 Å². The maximum absolute atomic E-state index is 13.3. The summed E-state index contributed by atoms with van der Waals surface area (Å²) in [6, 6.07) is 2.09. The highest BCUT2D eigenvalue weighted by molar-refractivity contribution is 5.94. The molecule has 1 N–H and O–H groups in total. The molecule has 2 saturated heterocycles. The third kappa shape index (κ3) is 5.55. The van der Waals surface area contributed by atoms with E-state index in [9.17, 15) is 35.9 Å². The maximum atomic E-state index is 13.3. The van der Waals surface area contributed by atoms with Gasteiger partial charge >= 0.3 is 24.3 Å². The number of likely N-dealkylation sites (tertiary alicyclic amines) is 1. The third-order valence-corrected chi connectivity index (χ3v) is 5.92. The third-order valence-electron chi connectivity index (χ3n) is 5.92. The lowest BCUT2D eigenvalue weighted by Gasteiger charge is -2.39. The number of hydrogen-bond acceptors (Lipinski definition) is 6. The predicted molar refractivity (Wildman–Crippen MR) is 110 cm³/mol.